The Morgan fingerprint density at radius 1 is 0.950 bits per heavy atom. The summed E-state index contributed by atoms with van der Waals surface area (Å²) in [7, 11) is 3.19. The Balaban J connectivity index is 0. The number of nitrogens with two attached hydrogens (primary N) is 4. The van der Waals surface area contributed by atoms with Gasteiger partial charge >= 0.3 is 6.03 Å². The van der Waals surface area contributed by atoms with Crippen LogP contribution < -0.4 is 33.8 Å². The fourth-order valence-electron chi connectivity index (χ4n) is 1.51. The quantitative estimate of drug-likeness (QED) is 0.181. The molecule has 10 N–H and O–H groups in total. The average molecular weight is 331 g/mol. The summed E-state index contributed by atoms with van der Waals surface area (Å²) in [4.78, 5) is 14.6. The van der Waals surface area contributed by atoms with Crippen LogP contribution in [0, 0.1) is 0 Å². The van der Waals surface area contributed by atoms with E-state index in [1.54, 1.807) is 14.1 Å². The molecule has 2 atom stereocenters. The standard InChI is InChI=1S/C7H18N10O.2ClH/c1-16-3(12-14-5(8)9)4(13-15-6(10)11)17(2)7(16)18;;/h3-4,12-13H,1-2H3,(H4,8,9,14)(H4,10,11,15);2*1H. The summed E-state index contributed by atoms with van der Waals surface area (Å²) < 4.78 is 0. The molecule has 0 bridgehead atoms. The molecule has 2 amide bonds. The molecule has 0 aromatic carbocycles. The van der Waals surface area contributed by atoms with Crippen LogP contribution >= 0.6 is 24.8 Å². The summed E-state index contributed by atoms with van der Waals surface area (Å²) >= 11 is 0. The van der Waals surface area contributed by atoms with Gasteiger partial charge in [-0.15, -0.1) is 35.0 Å². The van der Waals surface area contributed by atoms with E-state index in [9.17, 15) is 4.79 Å². The molecule has 0 saturated carbocycles. The van der Waals surface area contributed by atoms with Gasteiger partial charge in [0.15, 0.2) is 12.3 Å². The second-order valence-corrected chi connectivity index (χ2v) is 3.73. The van der Waals surface area contributed by atoms with Crippen LogP contribution in [0.1, 0.15) is 0 Å². The molecule has 0 radical (unpaired) electrons. The minimum Gasteiger partial charge on any atom is -0.369 e. The molecule has 20 heavy (non-hydrogen) atoms. The van der Waals surface area contributed by atoms with E-state index in [2.05, 4.69) is 21.1 Å². The van der Waals surface area contributed by atoms with Crippen LogP contribution in [0.25, 0.3) is 0 Å². The summed E-state index contributed by atoms with van der Waals surface area (Å²) in [5.41, 5.74) is 26.2. The van der Waals surface area contributed by atoms with E-state index < -0.39 is 12.3 Å². The summed E-state index contributed by atoms with van der Waals surface area (Å²) in [6, 6.07) is -0.235. The number of nitrogens with zero attached hydrogens (tertiary/aromatic N) is 4. The molecule has 0 spiro atoms. The lowest BCUT2D eigenvalue weighted by Crippen LogP contribution is -2.52. The normalized spacial score (nSPS) is 20.4. The number of hydrazone groups is 2. The molecular weight excluding hydrogens is 311 g/mol. The van der Waals surface area contributed by atoms with Crippen molar-refractivity contribution < 1.29 is 4.79 Å². The molecular formula is C7H20Cl2N10O. The fourth-order valence-corrected chi connectivity index (χ4v) is 1.51. The van der Waals surface area contributed by atoms with Gasteiger partial charge in [0.25, 0.3) is 0 Å². The highest BCUT2D eigenvalue weighted by molar-refractivity contribution is 5.85. The maximum absolute atomic E-state index is 11.8. The molecule has 118 valence electrons. The lowest BCUT2D eigenvalue weighted by atomic mass is 10.4. The largest absolute Gasteiger partial charge is 0.369 e. The maximum Gasteiger partial charge on any atom is 0.323 e. The molecule has 0 aromatic heterocycles. The molecule has 1 fully saturated rings. The van der Waals surface area contributed by atoms with Gasteiger partial charge in [-0.1, -0.05) is 0 Å². The van der Waals surface area contributed by atoms with Gasteiger partial charge in [0.05, 0.1) is 0 Å². The number of nitrogens with one attached hydrogen (secondary N) is 2. The molecule has 1 rings (SSSR count). The Hall–Kier alpha value is -2.01. The van der Waals surface area contributed by atoms with Gasteiger partial charge in [-0.25, -0.2) is 4.79 Å². The Morgan fingerprint density at radius 2 is 1.25 bits per heavy atom. The minimum absolute atomic E-state index is 0. The molecule has 2 unspecified atom stereocenters. The van der Waals surface area contributed by atoms with Crippen molar-refractivity contribution in [1.29, 1.82) is 0 Å². The first-order chi connectivity index (χ1) is 8.34. The second-order valence-electron chi connectivity index (χ2n) is 3.73. The van der Waals surface area contributed by atoms with Crippen LogP contribution in [-0.4, -0.2) is 54.2 Å². The van der Waals surface area contributed by atoms with Gasteiger partial charge < -0.3 is 32.7 Å². The van der Waals surface area contributed by atoms with Gasteiger partial charge in [-0.3, -0.25) is 10.9 Å². The molecule has 0 aliphatic carbocycles. The van der Waals surface area contributed by atoms with Crippen molar-refractivity contribution in [1.82, 2.24) is 20.7 Å². The number of amides is 2. The lowest BCUT2D eigenvalue weighted by molar-refractivity contribution is 0.197. The van der Waals surface area contributed by atoms with E-state index in [4.69, 9.17) is 22.9 Å². The number of carbonyl (C=O) groups excluding carboxylic acids is 1. The van der Waals surface area contributed by atoms with Crippen molar-refractivity contribution >= 4 is 42.8 Å². The van der Waals surface area contributed by atoms with Crippen LogP contribution in [0.3, 0.4) is 0 Å². The Labute approximate surface area is 128 Å². The van der Waals surface area contributed by atoms with Gasteiger partial charge in [-0.2, -0.15) is 0 Å². The van der Waals surface area contributed by atoms with E-state index in [0.29, 0.717) is 0 Å². The monoisotopic (exact) mass is 330 g/mol. The number of halogens is 2. The first-order valence-electron chi connectivity index (χ1n) is 5.02. The van der Waals surface area contributed by atoms with Crippen molar-refractivity contribution in [3.63, 3.8) is 0 Å². The van der Waals surface area contributed by atoms with Crippen LogP contribution in [-0.2, 0) is 0 Å². The van der Waals surface area contributed by atoms with E-state index in [1.807, 2.05) is 0 Å². The van der Waals surface area contributed by atoms with Gasteiger partial charge in [0, 0.05) is 14.1 Å². The molecule has 1 aliphatic heterocycles. The first kappa shape index (κ1) is 20.3. The van der Waals surface area contributed by atoms with Crippen molar-refractivity contribution in [2.24, 2.45) is 33.1 Å². The zero-order valence-corrected chi connectivity index (χ0v) is 12.6. The lowest BCUT2D eigenvalue weighted by Gasteiger charge is -2.24. The summed E-state index contributed by atoms with van der Waals surface area (Å²) in [6.07, 6.45) is -1.04. The van der Waals surface area contributed by atoms with Crippen molar-refractivity contribution in [3.05, 3.63) is 0 Å². The van der Waals surface area contributed by atoms with Gasteiger partial charge in [0.2, 0.25) is 11.9 Å². The predicted octanol–water partition coefficient (Wildman–Crippen LogP) is -2.96. The Bertz CT molecular complexity index is 346. The number of guanidine groups is 2. The van der Waals surface area contributed by atoms with E-state index in [-0.39, 0.29) is 42.8 Å². The molecule has 1 aliphatic rings. The smallest absolute Gasteiger partial charge is 0.323 e. The third kappa shape index (κ3) is 4.59. The SMILES string of the molecule is CN1C(=O)N(C)C(NN=C(N)N)C1NN=C(N)N.Cl.Cl. The van der Waals surface area contributed by atoms with Crippen LogP contribution in [0.2, 0.25) is 0 Å². The fraction of sp³-hybridized carbons (Fsp3) is 0.571. The third-order valence-electron chi connectivity index (χ3n) is 2.39. The van der Waals surface area contributed by atoms with Crippen molar-refractivity contribution in [3.8, 4) is 0 Å². The van der Waals surface area contributed by atoms with Crippen LogP contribution in [0.4, 0.5) is 4.79 Å². The summed E-state index contributed by atoms with van der Waals surface area (Å²) in [6.45, 7) is 0. The van der Waals surface area contributed by atoms with E-state index in [1.165, 1.54) is 9.80 Å². The number of likely N-dealkylation sites (N-methyl/N-ethyl adjacent to an activating group) is 2. The third-order valence-corrected chi connectivity index (χ3v) is 2.39. The highest BCUT2D eigenvalue weighted by Gasteiger charge is 2.42. The molecule has 0 aromatic rings. The zero-order valence-electron chi connectivity index (χ0n) is 11.0. The molecule has 1 saturated heterocycles. The number of urea groups is 1. The van der Waals surface area contributed by atoms with Gasteiger partial charge in [0.1, 0.15) is 0 Å². The highest BCUT2D eigenvalue weighted by atomic mass is 35.5. The number of hydrogen-bond donors (Lipinski definition) is 6. The topological polar surface area (TPSA) is 176 Å². The second kappa shape index (κ2) is 8.22. The van der Waals surface area contributed by atoms with Crippen LogP contribution in [0.5, 0.6) is 0 Å². The highest BCUT2D eigenvalue weighted by Crippen LogP contribution is 2.15. The Morgan fingerprint density at radius 3 is 1.50 bits per heavy atom. The van der Waals surface area contributed by atoms with E-state index in [0.717, 1.165) is 0 Å². The predicted molar refractivity (Wildman–Crippen MR) is 80.9 cm³/mol. The van der Waals surface area contributed by atoms with Crippen molar-refractivity contribution in [2.75, 3.05) is 14.1 Å². The molecule has 1 heterocycles. The first-order valence-corrected chi connectivity index (χ1v) is 5.02. The minimum atomic E-state index is -0.521. The number of hydrogen-bond acceptors (Lipinski definition) is 5. The van der Waals surface area contributed by atoms with Crippen LogP contribution in [0.15, 0.2) is 10.2 Å². The molecule has 13 heteroatoms. The maximum atomic E-state index is 11.8. The van der Waals surface area contributed by atoms with Gasteiger partial charge in [-0.05, 0) is 0 Å². The summed E-state index contributed by atoms with van der Waals surface area (Å²) in [5.74, 6) is -0.294. The van der Waals surface area contributed by atoms with E-state index >= 15 is 0 Å². The average Bonchev–Trinajstić information content (AvgIpc) is 2.48. The van der Waals surface area contributed by atoms with Crippen molar-refractivity contribution in [2.45, 2.75) is 12.3 Å². The Kier molecular flexibility index (Phi) is 8.35. The molecule has 11 nitrogen and oxygen atoms in total. The summed E-state index contributed by atoms with van der Waals surface area (Å²) in [5, 5.41) is 7.31. The zero-order chi connectivity index (χ0) is 13.9. The number of carbonyl (C=O) groups is 1. The number of rotatable bonds is 4.